The third kappa shape index (κ3) is 3.13. The molecule has 0 fully saturated rings. The molecule has 28 heavy (non-hydrogen) atoms. The monoisotopic (exact) mass is 380 g/mol. The standard InChI is InChI=1S/C20H20N4O4/c1-3-24-19(26)13-8-4-5-9-14(13)21-20(24)23-22-18(25)17-12(2)27-15-10-6-7-11-16(15)28-17/h4-12,17H,3H2,1-2H3,(H,21,23)(H,22,25). The molecule has 1 amide bonds. The Balaban J connectivity index is 1.55. The van der Waals surface area contributed by atoms with Crippen LogP contribution in [0.5, 0.6) is 11.5 Å². The van der Waals surface area contributed by atoms with Gasteiger partial charge in [0.15, 0.2) is 11.5 Å². The molecule has 0 saturated heterocycles. The molecule has 8 heteroatoms. The molecule has 1 aliphatic rings. The molecule has 4 rings (SSSR count). The number of hydrogen-bond acceptors (Lipinski definition) is 6. The maximum atomic E-state index is 12.6. The number of anilines is 1. The minimum atomic E-state index is -0.843. The summed E-state index contributed by atoms with van der Waals surface area (Å²) in [7, 11) is 0. The number of nitrogens with one attached hydrogen (secondary N) is 2. The molecule has 2 unspecified atom stereocenters. The number of ether oxygens (including phenoxy) is 2. The highest BCUT2D eigenvalue weighted by Crippen LogP contribution is 2.33. The second-order valence-electron chi connectivity index (χ2n) is 6.42. The van der Waals surface area contributed by atoms with Crippen LogP contribution in [0.3, 0.4) is 0 Å². The van der Waals surface area contributed by atoms with E-state index in [1.54, 1.807) is 43.3 Å². The van der Waals surface area contributed by atoms with E-state index in [1.165, 1.54) is 4.57 Å². The van der Waals surface area contributed by atoms with Crippen molar-refractivity contribution in [2.24, 2.45) is 0 Å². The number of aromatic nitrogens is 2. The third-order valence-electron chi connectivity index (χ3n) is 4.58. The number of hydrazine groups is 1. The Labute approximate surface area is 161 Å². The minimum Gasteiger partial charge on any atom is -0.482 e. The van der Waals surface area contributed by atoms with Crippen molar-refractivity contribution in [2.45, 2.75) is 32.6 Å². The number of carbonyl (C=O) groups excluding carboxylic acids is 1. The number of carbonyl (C=O) groups is 1. The predicted octanol–water partition coefficient (Wildman–Crippen LogP) is 2.09. The van der Waals surface area contributed by atoms with Gasteiger partial charge >= 0.3 is 0 Å². The lowest BCUT2D eigenvalue weighted by Gasteiger charge is -2.31. The average Bonchev–Trinajstić information content (AvgIpc) is 2.71. The van der Waals surface area contributed by atoms with Crippen LogP contribution in [0.1, 0.15) is 13.8 Å². The zero-order chi connectivity index (χ0) is 19.7. The summed E-state index contributed by atoms with van der Waals surface area (Å²) in [5.74, 6) is 0.939. The first-order valence-electron chi connectivity index (χ1n) is 9.06. The SMILES string of the molecule is CCn1c(NNC(=O)C2Oc3ccccc3OC2C)nc2ccccc2c1=O. The second kappa shape index (κ2) is 7.22. The van der Waals surface area contributed by atoms with Crippen LogP contribution in [0, 0.1) is 0 Å². The van der Waals surface area contributed by atoms with Gasteiger partial charge in [0.05, 0.1) is 10.9 Å². The lowest BCUT2D eigenvalue weighted by atomic mass is 10.1. The van der Waals surface area contributed by atoms with Crippen LogP contribution in [0.4, 0.5) is 5.95 Å². The maximum absolute atomic E-state index is 12.6. The molecule has 8 nitrogen and oxygen atoms in total. The van der Waals surface area contributed by atoms with Crippen LogP contribution < -0.4 is 25.9 Å². The fraction of sp³-hybridized carbons (Fsp3) is 0.250. The van der Waals surface area contributed by atoms with Crippen LogP contribution in [-0.4, -0.2) is 27.7 Å². The molecule has 0 radical (unpaired) electrons. The minimum absolute atomic E-state index is 0.176. The lowest BCUT2D eigenvalue weighted by molar-refractivity contribution is -0.132. The van der Waals surface area contributed by atoms with Crippen molar-refractivity contribution in [2.75, 3.05) is 5.43 Å². The van der Waals surface area contributed by atoms with Gasteiger partial charge in [0.1, 0.15) is 6.10 Å². The highest BCUT2D eigenvalue weighted by atomic mass is 16.6. The topological polar surface area (TPSA) is 94.5 Å². The third-order valence-corrected chi connectivity index (χ3v) is 4.58. The van der Waals surface area contributed by atoms with Crippen molar-refractivity contribution in [3.8, 4) is 11.5 Å². The molecule has 2 heterocycles. The summed E-state index contributed by atoms with van der Waals surface area (Å²) in [6, 6.07) is 14.3. The van der Waals surface area contributed by atoms with Gasteiger partial charge in [0.2, 0.25) is 12.1 Å². The molecule has 144 valence electrons. The Morgan fingerprint density at radius 2 is 1.79 bits per heavy atom. The Morgan fingerprint density at radius 1 is 1.11 bits per heavy atom. The Hall–Kier alpha value is -3.55. The first kappa shape index (κ1) is 17.8. The summed E-state index contributed by atoms with van der Waals surface area (Å²) in [6.07, 6.45) is -1.32. The number of fused-ring (bicyclic) bond motifs is 2. The quantitative estimate of drug-likeness (QED) is 0.673. The molecule has 0 saturated carbocycles. The van der Waals surface area contributed by atoms with Gasteiger partial charge in [0.25, 0.3) is 11.5 Å². The van der Waals surface area contributed by atoms with E-state index < -0.39 is 18.1 Å². The van der Waals surface area contributed by atoms with E-state index in [1.807, 2.05) is 19.1 Å². The Bertz CT molecular complexity index is 1100. The van der Waals surface area contributed by atoms with Gasteiger partial charge in [-0.25, -0.2) is 4.98 Å². The van der Waals surface area contributed by atoms with E-state index in [0.29, 0.717) is 28.9 Å². The highest BCUT2D eigenvalue weighted by molar-refractivity contribution is 5.83. The van der Waals surface area contributed by atoms with Crippen molar-refractivity contribution < 1.29 is 14.3 Å². The zero-order valence-electron chi connectivity index (χ0n) is 15.5. The van der Waals surface area contributed by atoms with E-state index in [-0.39, 0.29) is 11.5 Å². The second-order valence-corrected chi connectivity index (χ2v) is 6.42. The van der Waals surface area contributed by atoms with E-state index in [9.17, 15) is 9.59 Å². The van der Waals surface area contributed by atoms with Crippen LogP contribution in [0.15, 0.2) is 53.3 Å². The molecule has 2 atom stereocenters. The molecule has 0 spiro atoms. The molecule has 1 aliphatic heterocycles. The molecule has 2 aromatic carbocycles. The van der Waals surface area contributed by atoms with Crippen molar-refractivity contribution >= 4 is 22.8 Å². The van der Waals surface area contributed by atoms with Crippen molar-refractivity contribution in [1.29, 1.82) is 0 Å². The number of para-hydroxylation sites is 3. The summed E-state index contributed by atoms with van der Waals surface area (Å²) >= 11 is 0. The number of benzene rings is 2. The van der Waals surface area contributed by atoms with Crippen LogP contribution >= 0.6 is 0 Å². The average molecular weight is 380 g/mol. The van der Waals surface area contributed by atoms with Crippen LogP contribution in [0.25, 0.3) is 10.9 Å². The highest BCUT2D eigenvalue weighted by Gasteiger charge is 2.34. The summed E-state index contributed by atoms with van der Waals surface area (Å²) in [5.41, 5.74) is 5.71. The largest absolute Gasteiger partial charge is 0.482 e. The van der Waals surface area contributed by atoms with E-state index in [4.69, 9.17) is 9.47 Å². The van der Waals surface area contributed by atoms with Gasteiger partial charge in [-0.3, -0.25) is 25.0 Å². The van der Waals surface area contributed by atoms with Gasteiger partial charge in [-0.15, -0.1) is 0 Å². The fourth-order valence-electron chi connectivity index (χ4n) is 3.15. The normalized spacial score (nSPS) is 17.9. The van der Waals surface area contributed by atoms with Gasteiger partial charge in [0, 0.05) is 6.54 Å². The summed E-state index contributed by atoms with van der Waals surface area (Å²) < 4.78 is 13.0. The molecule has 1 aromatic heterocycles. The smallest absolute Gasteiger partial charge is 0.283 e. The van der Waals surface area contributed by atoms with Gasteiger partial charge in [-0.2, -0.15) is 0 Å². The van der Waals surface area contributed by atoms with Crippen LogP contribution in [0.2, 0.25) is 0 Å². The number of amides is 1. The first-order chi connectivity index (χ1) is 13.6. The molecule has 0 bridgehead atoms. The number of rotatable bonds is 4. The van der Waals surface area contributed by atoms with Crippen molar-refractivity contribution in [3.05, 3.63) is 58.9 Å². The lowest BCUT2D eigenvalue weighted by Crippen LogP contribution is -2.50. The van der Waals surface area contributed by atoms with E-state index in [2.05, 4.69) is 15.8 Å². The molecule has 2 N–H and O–H groups in total. The van der Waals surface area contributed by atoms with Gasteiger partial charge in [-0.05, 0) is 38.1 Å². The zero-order valence-corrected chi connectivity index (χ0v) is 15.5. The summed E-state index contributed by atoms with van der Waals surface area (Å²) in [6.45, 7) is 4.00. The fourth-order valence-corrected chi connectivity index (χ4v) is 3.15. The maximum Gasteiger partial charge on any atom is 0.283 e. The number of nitrogens with zero attached hydrogens (tertiary/aromatic N) is 2. The Kier molecular flexibility index (Phi) is 4.60. The molecular weight excluding hydrogens is 360 g/mol. The first-order valence-corrected chi connectivity index (χ1v) is 9.06. The molecule has 0 aliphatic carbocycles. The van der Waals surface area contributed by atoms with Crippen LogP contribution in [-0.2, 0) is 11.3 Å². The van der Waals surface area contributed by atoms with E-state index >= 15 is 0 Å². The molecular formula is C20H20N4O4. The predicted molar refractivity (Wildman–Crippen MR) is 104 cm³/mol. The van der Waals surface area contributed by atoms with E-state index in [0.717, 1.165) is 0 Å². The summed E-state index contributed by atoms with van der Waals surface area (Å²) in [5, 5.41) is 0.524. The van der Waals surface area contributed by atoms with Crippen molar-refractivity contribution in [1.82, 2.24) is 15.0 Å². The van der Waals surface area contributed by atoms with Crippen molar-refractivity contribution in [3.63, 3.8) is 0 Å². The Morgan fingerprint density at radius 3 is 2.54 bits per heavy atom. The van der Waals surface area contributed by atoms with Gasteiger partial charge < -0.3 is 9.47 Å². The number of hydrogen-bond donors (Lipinski definition) is 2. The summed E-state index contributed by atoms with van der Waals surface area (Å²) in [4.78, 5) is 29.7. The molecule has 3 aromatic rings. The van der Waals surface area contributed by atoms with Gasteiger partial charge in [-0.1, -0.05) is 24.3 Å².